The van der Waals surface area contributed by atoms with Gasteiger partial charge in [0.2, 0.25) is 0 Å². The van der Waals surface area contributed by atoms with Crippen LogP contribution < -0.4 is 4.72 Å². The van der Waals surface area contributed by atoms with Crippen LogP contribution in [0.1, 0.15) is 39.2 Å². The summed E-state index contributed by atoms with van der Waals surface area (Å²) in [5.74, 6) is 0. The zero-order valence-corrected chi connectivity index (χ0v) is 14.5. The number of nitrogens with one attached hydrogen (secondary N) is 1. The molecule has 2 nitrogen and oxygen atoms in total. The number of rotatable bonds is 7. The van der Waals surface area contributed by atoms with Gasteiger partial charge < -0.3 is 0 Å². The number of benzene rings is 1. The fourth-order valence-corrected chi connectivity index (χ4v) is 2.60. The third kappa shape index (κ3) is 7.79. The lowest BCUT2D eigenvalue weighted by atomic mass is 10.1. The minimum absolute atomic E-state index is 0.547. The lowest BCUT2D eigenvalue weighted by Crippen LogP contribution is -2.46. The molecule has 0 saturated carbocycles. The molecule has 0 aliphatic carbocycles. The second-order valence-corrected chi connectivity index (χ2v) is 8.32. The summed E-state index contributed by atoms with van der Waals surface area (Å²) in [7, 11) is -1.77. The molecule has 1 aromatic rings. The molecule has 6 heteroatoms. The summed E-state index contributed by atoms with van der Waals surface area (Å²) in [5.41, 5.74) is 1.17. The van der Waals surface area contributed by atoms with Gasteiger partial charge in [0.05, 0.1) is 15.7 Å². The van der Waals surface area contributed by atoms with E-state index in [1.165, 1.54) is 11.6 Å². The number of aryl methyl sites for hydroxylation is 1. The van der Waals surface area contributed by atoms with Crippen molar-refractivity contribution < 1.29 is 17.4 Å². The summed E-state index contributed by atoms with van der Waals surface area (Å²) >= 11 is 0. The maximum Gasteiger partial charge on any atom is 0.408 e. The summed E-state index contributed by atoms with van der Waals surface area (Å²) in [6.45, 7) is 4.90. The summed E-state index contributed by atoms with van der Waals surface area (Å²) in [5, 5.41) is 0. The Balaban J connectivity index is 2.52. The highest BCUT2D eigenvalue weighted by Crippen LogP contribution is 2.23. The van der Waals surface area contributed by atoms with E-state index in [4.69, 9.17) is 0 Å². The second kappa shape index (κ2) is 8.64. The van der Waals surface area contributed by atoms with E-state index >= 15 is 0 Å². The van der Waals surface area contributed by atoms with Gasteiger partial charge in [0.15, 0.2) is 0 Å². The topological polar surface area (TPSA) is 29.1 Å². The molecule has 0 saturated heterocycles. The number of unbranched alkanes of at least 4 members (excludes halogenated alkanes) is 1. The van der Waals surface area contributed by atoms with Crippen LogP contribution in [-0.4, -0.2) is 21.2 Å². The molecular formula is C17H24F3NOS. The standard InChI is InChI=1S/C17H24F3NOS/c1-16(2,3)23(22)21-15(17(18,19)20)13-9-5-8-12-14-10-6-4-7-11-14/h4,6-7,9-11,13,15,21H,5,8,12H2,1-3H3/b13-9+/t15-,23?/m0/s1. The van der Waals surface area contributed by atoms with E-state index in [-0.39, 0.29) is 0 Å². The van der Waals surface area contributed by atoms with Crippen molar-refractivity contribution in [3.8, 4) is 0 Å². The largest absolute Gasteiger partial charge is 0.408 e. The molecule has 0 radical (unpaired) electrons. The Bertz CT molecular complexity index is 521. The van der Waals surface area contributed by atoms with Gasteiger partial charge in [0, 0.05) is 0 Å². The van der Waals surface area contributed by atoms with E-state index in [1.807, 2.05) is 30.3 Å². The van der Waals surface area contributed by atoms with Crippen molar-refractivity contribution in [2.24, 2.45) is 0 Å². The van der Waals surface area contributed by atoms with Crippen LogP contribution in [0.15, 0.2) is 42.5 Å². The Kier molecular flexibility index (Phi) is 7.48. The molecule has 0 bridgehead atoms. The number of hydrogen-bond donors (Lipinski definition) is 1. The monoisotopic (exact) mass is 347 g/mol. The van der Waals surface area contributed by atoms with Gasteiger partial charge in [-0.3, -0.25) is 0 Å². The predicted molar refractivity (Wildman–Crippen MR) is 89.4 cm³/mol. The number of hydrogen-bond acceptors (Lipinski definition) is 1. The van der Waals surface area contributed by atoms with Crippen molar-refractivity contribution >= 4 is 11.0 Å². The van der Waals surface area contributed by atoms with Crippen molar-refractivity contribution in [1.29, 1.82) is 0 Å². The summed E-state index contributed by atoms with van der Waals surface area (Å²) < 4.78 is 52.3. The lowest BCUT2D eigenvalue weighted by molar-refractivity contribution is -0.140. The molecule has 1 N–H and O–H groups in total. The van der Waals surface area contributed by atoms with E-state index in [2.05, 4.69) is 4.72 Å². The molecule has 2 atom stereocenters. The SMILES string of the molecule is CC(C)(C)S(=O)N[C@@H](/C=C/CCCc1ccccc1)C(F)(F)F. The Morgan fingerprint density at radius 1 is 1.17 bits per heavy atom. The summed E-state index contributed by atoms with van der Waals surface area (Å²) in [6.07, 6.45) is 0.251. The molecule has 1 rings (SSSR count). The average Bonchev–Trinajstić information content (AvgIpc) is 2.44. The number of alkyl halides is 3. The normalized spacial score (nSPS) is 15.7. The smallest absolute Gasteiger partial charge is 0.242 e. The lowest BCUT2D eigenvalue weighted by Gasteiger charge is -2.24. The molecule has 0 spiro atoms. The molecule has 130 valence electrons. The van der Waals surface area contributed by atoms with E-state index < -0.39 is 28.0 Å². The van der Waals surface area contributed by atoms with Crippen LogP contribution in [0.4, 0.5) is 13.2 Å². The molecule has 0 fully saturated rings. The Hall–Kier alpha value is -1.14. The van der Waals surface area contributed by atoms with Crippen molar-refractivity contribution in [2.45, 2.75) is 57.0 Å². The highest BCUT2D eigenvalue weighted by Gasteiger charge is 2.40. The first-order valence-electron chi connectivity index (χ1n) is 7.56. The second-order valence-electron chi connectivity index (χ2n) is 6.32. The molecule has 0 heterocycles. The maximum absolute atomic E-state index is 13.0. The molecule has 23 heavy (non-hydrogen) atoms. The third-order valence-corrected chi connectivity index (χ3v) is 4.73. The van der Waals surface area contributed by atoms with Crippen LogP contribution >= 0.6 is 0 Å². The Morgan fingerprint density at radius 3 is 2.30 bits per heavy atom. The van der Waals surface area contributed by atoms with Crippen molar-refractivity contribution in [3.63, 3.8) is 0 Å². The van der Waals surface area contributed by atoms with E-state index in [9.17, 15) is 17.4 Å². The highest BCUT2D eigenvalue weighted by atomic mass is 32.2. The Morgan fingerprint density at radius 2 is 1.78 bits per heavy atom. The minimum atomic E-state index is -4.46. The Labute approximate surface area is 138 Å². The molecular weight excluding hydrogens is 323 g/mol. The first-order valence-corrected chi connectivity index (χ1v) is 8.71. The van der Waals surface area contributed by atoms with Crippen molar-refractivity contribution in [1.82, 2.24) is 4.72 Å². The fraction of sp³-hybridized carbons (Fsp3) is 0.529. The van der Waals surface area contributed by atoms with Crippen molar-refractivity contribution in [3.05, 3.63) is 48.0 Å². The van der Waals surface area contributed by atoms with Crippen LogP contribution in [0.3, 0.4) is 0 Å². The van der Waals surface area contributed by atoms with Crippen LogP contribution in [-0.2, 0) is 17.4 Å². The van der Waals surface area contributed by atoms with Gasteiger partial charge in [-0.05, 0) is 45.6 Å². The predicted octanol–water partition coefficient (Wildman–Crippen LogP) is 4.55. The van der Waals surface area contributed by atoms with Crippen LogP contribution in [0.2, 0.25) is 0 Å². The first kappa shape index (κ1) is 19.9. The van der Waals surface area contributed by atoms with Gasteiger partial charge in [-0.1, -0.05) is 42.5 Å². The molecule has 0 aromatic heterocycles. The number of allylic oxidation sites excluding steroid dienone is 1. The molecule has 1 aromatic carbocycles. The maximum atomic E-state index is 13.0. The van der Waals surface area contributed by atoms with Crippen LogP contribution in [0, 0.1) is 0 Å². The zero-order valence-electron chi connectivity index (χ0n) is 13.7. The average molecular weight is 347 g/mol. The van der Waals surface area contributed by atoms with E-state index in [0.717, 1.165) is 18.9 Å². The summed E-state index contributed by atoms with van der Waals surface area (Å²) in [6, 6.07) is 7.91. The first-order chi connectivity index (χ1) is 10.6. The van der Waals surface area contributed by atoms with E-state index in [0.29, 0.717) is 6.42 Å². The molecule has 0 amide bonds. The minimum Gasteiger partial charge on any atom is -0.242 e. The van der Waals surface area contributed by atoms with Crippen LogP contribution in [0.5, 0.6) is 0 Å². The van der Waals surface area contributed by atoms with Crippen LogP contribution in [0.25, 0.3) is 0 Å². The van der Waals surface area contributed by atoms with Gasteiger partial charge in [0.25, 0.3) is 0 Å². The fourth-order valence-electron chi connectivity index (χ4n) is 1.81. The quantitative estimate of drug-likeness (QED) is 0.569. The summed E-state index contributed by atoms with van der Waals surface area (Å²) in [4.78, 5) is 0. The molecule has 1 unspecified atom stereocenters. The van der Waals surface area contributed by atoms with Gasteiger partial charge in [-0.15, -0.1) is 0 Å². The van der Waals surface area contributed by atoms with E-state index in [1.54, 1.807) is 20.8 Å². The van der Waals surface area contributed by atoms with Gasteiger partial charge >= 0.3 is 6.18 Å². The van der Waals surface area contributed by atoms with Gasteiger partial charge in [-0.2, -0.15) is 13.2 Å². The third-order valence-electron chi connectivity index (χ3n) is 3.15. The zero-order chi connectivity index (χ0) is 17.5. The van der Waals surface area contributed by atoms with Gasteiger partial charge in [0.1, 0.15) is 6.04 Å². The van der Waals surface area contributed by atoms with Gasteiger partial charge in [-0.25, -0.2) is 8.93 Å². The van der Waals surface area contributed by atoms with Crippen molar-refractivity contribution in [2.75, 3.05) is 0 Å². The number of halogens is 3. The molecule has 0 aliphatic heterocycles. The molecule has 0 aliphatic rings. The highest BCUT2D eigenvalue weighted by molar-refractivity contribution is 7.84.